The number of ether oxygens (including phenoxy) is 1. The average Bonchev–Trinajstić information content (AvgIpc) is 3.32. The summed E-state index contributed by atoms with van der Waals surface area (Å²) in [6.45, 7) is 7.03. The summed E-state index contributed by atoms with van der Waals surface area (Å²) < 4.78 is 22.0. The van der Waals surface area contributed by atoms with Crippen molar-refractivity contribution in [2.24, 2.45) is 0 Å². The molecule has 8 heteroatoms. The Morgan fingerprint density at radius 2 is 2.03 bits per heavy atom. The molecule has 170 valence electrons. The van der Waals surface area contributed by atoms with Gasteiger partial charge in [-0.3, -0.25) is 0 Å². The molecule has 0 bridgehead atoms. The van der Waals surface area contributed by atoms with E-state index in [1.165, 1.54) is 6.07 Å². The van der Waals surface area contributed by atoms with Gasteiger partial charge in [0, 0.05) is 23.7 Å². The molecule has 2 heterocycles. The second-order valence-electron chi connectivity index (χ2n) is 9.06. The molecule has 1 aromatic heterocycles. The normalized spacial score (nSPS) is 16.5. The highest BCUT2D eigenvalue weighted by molar-refractivity contribution is 6.31. The number of carbonyl (C=O) groups excluding carboxylic acids is 1. The fourth-order valence-corrected chi connectivity index (χ4v) is 4.25. The summed E-state index contributed by atoms with van der Waals surface area (Å²) in [4.78, 5) is 19.1. The Labute approximate surface area is 192 Å². The molecule has 1 N–H and O–H groups in total. The van der Waals surface area contributed by atoms with E-state index in [-0.39, 0.29) is 24.5 Å². The molecule has 0 spiro atoms. The lowest BCUT2D eigenvalue weighted by molar-refractivity contribution is 0.0235. The van der Waals surface area contributed by atoms with Gasteiger partial charge in [0.15, 0.2) is 0 Å². The van der Waals surface area contributed by atoms with Crippen molar-refractivity contribution < 1.29 is 13.9 Å². The van der Waals surface area contributed by atoms with Gasteiger partial charge in [-0.15, -0.1) is 0 Å². The molecule has 1 saturated heterocycles. The third kappa shape index (κ3) is 4.83. The van der Waals surface area contributed by atoms with E-state index in [0.717, 1.165) is 23.9 Å². The second kappa shape index (κ2) is 8.98. The number of carbonyl (C=O) groups is 1. The van der Waals surface area contributed by atoms with Gasteiger partial charge >= 0.3 is 6.09 Å². The van der Waals surface area contributed by atoms with Crippen LogP contribution in [0, 0.1) is 5.82 Å². The minimum absolute atomic E-state index is 0.00448. The van der Waals surface area contributed by atoms with Gasteiger partial charge in [0.1, 0.15) is 11.4 Å². The molecule has 3 aromatic rings. The number of imidazole rings is 1. The number of hydrogen-bond acceptors (Lipinski definition) is 4. The van der Waals surface area contributed by atoms with E-state index in [1.807, 2.05) is 49.6 Å². The number of anilines is 1. The van der Waals surface area contributed by atoms with Crippen LogP contribution < -0.4 is 5.32 Å². The van der Waals surface area contributed by atoms with E-state index in [2.05, 4.69) is 5.32 Å². The van der Waals surface area contributed by atoms with Gasteiger partial charge in [0.05, 0.1) is 23.6 Å². The van der Waals surface area contributed by atoms with Crippen molar-refractivity contribution >= 4 is 34.7 Å². The Balaban J connectivity index is 1.57. The lowest BCUT2D eigenvalue weighted by Crippen LogP contribution is -2.42. The molecule has 4 rings (SSSR count). The Morgan fingerprint density at radius 3 is 2.78 bits per heavy atom. The number of aromatic nitrogens is 2. The fraction of sp³-hybridized carbons (Fsp3) is 0.417. The third-order valence-electron chi connectivity index (χ3n) is 5.53. The maximum atomic E-state index is 14.5. The van der Waals surface area contributed by atoms with Gasteiger partial charge < -0.3 is 19.5 Å². The lowest BCUT2D eigenvalue weighted by Gasteiger charge is -2.28. The SMILES string of the molecule is CC(C)(C)OC(=O)N1CCC[C@H]1CNc1nc2ccccc2n1Cc1c(F)cccc1Cl. The van der Waals surface area contributed by atoms with Crippen LogP contribution in [0.2, 0.25) is 5.02 Å². The van der Waals surface area contributed by atoms with E-state index in [1.54, 1.807) is 17.0 Å². The van der Waals surface area contributed by atoms with Gasteiger partial charge in [-0.2, -0.15) is 0 Å². The predicted molar refractivity (Wildman–Crippen MR) is 125 cm³/mol. The fourth-order valence-electron chi connectivity index (χ4n) is 4.03. The van der Waals surface area contributed by atoms with Crippen LogP contribution in [0.1, 0.15) is 39.2 Å². The molecule has 1 fully saturated rings. The zero-order chi connectivity index (χ0) is 22.9. The smallest absolute Gasteiger partial charge is 0.410 e. The summed E-state index contributed by atoms with van der Waals surface area (Å²) in [7, 11) is 0. The molecule has 0 aliphatic carbocycles. The van der Waals surface area contributed by atoms with E-state index < -0.39 is 5.60 Å². The van der Waals surface area contributed by atoms with Crippen molar-refractivity contribution in [3.63, 3.8) is 0 Å². The number of likely N-dealkylation sites (tertiary alicyclic amines) is 1. The molecule has 0 unspecified atom stereocenters. The van der Waals surface area contributed by atoms with Crippen LogP contribution in [0.25, 0.3) is 11.0 Å². The summed E-state index contributed by atoms with van der Waals surface area (Å²) >= 11 is 6.29. The first kappa shape index (κ1) is 22.4. The van der Waals surface area contributed by atoms with Crippen LogP contribution in [-0.4, -0.2) is 45.3 Å². The molecule has 1 amide bonds. The molecule has 32 heavy (non-hydrogen) atoms. The highest BCUT2D eigenvalue weighted by Crippen LogP contribution is 2.27. The van der Waals surface area contributed by atoms with Crippen molar-refractivity contribution in [3.8, 4) is 0 Å². The van der Waals surface area contributed by atoms with Crippen LogP contribution in [0.3, 0.4) is 0 Å². The van der Waals surface area contributed by atoms with Crippen LogP contribution in [-0.2, 0) is 11.3 Å². The largest absolute Gasteiger partial charge is 0.444 e. The number of para-hydroxylation sites is 2. The highest BCUT2D eigenvalue weighted by atomic mass is 35.5. The lowest BCUT2D eigenvalue weighted by atomic mass is 10.2. The minimum Gasteiger partial charge on any atom is -0.444 e. The number of nitrogens with one attached hydrogen (secondary N) is 1. The van der Waals surface area contributed by atoms with E-state index in [4.69, 9.17) is 21.3 Å². The van der Waals surface area contributed by atoms with Crippen molar-refractivity contribution in [2.45, 2.75) is 51.8 Å². The first-order valence-corrected chi connectivity index (χ1v) is 11.2. The first-order chi connectivity index (χ1) is 15.2. The standard InChI is InChI=1S/C24H28ClFN4O2/c1-24(2,3)32-23(31)29-13-7-8-16(29)14-27-22-28-20-11-4-5-12-21(20)30(22)15-17-18(25)9-6-10-19(17)26/h4-6,9-12,16H,7-8,13-15H2,1-3H3,(H,27,28)/t16-/m0/s1. The number of hydrogen-bond donors (Lipinski definition) is 1. The third-order valence-corrected chi connectivity index (χ3v) is 5.89. The van der Waals surface area contributed by atoms with Gasteiger partial charge in [-0.25, -0.2) is 14.2 Å². The molecule has 0 radical (unpaired) electrons. The number of fused-ring (bicyclic) bond motifs is 1. The van der Waals surface area contributed by atoms with E-state index >= 15 is 0 Å². The molecular weight excluding hydrogens is 431 g/mol. The molecule has 0 saturated carbocycles. The Bertz CT molecular complexity index is 1100. The number of nitrogens with zero attached hydrogens (tertiary/aromatic N) is 3. The zero-order valence-electron chi connectivity index (χ0n) is 18.6. The Hall–Kier alpha value is -2.80. The maximum Gasteiger partial charge on any atom is 0.410 e. The highest BCUT2D eigenvalue weighted by Gasteiger charge is 2.32. The quantitative estimate of drug-likeness (QED) is 0.533. The number of halogens is 2. The molecular formula is C24H28ClFN4O2. The van der Waals surface area contributed by atoms with Gasteiger partial charge in [-0.05, 0) is 57.9 Å². The van der Waals surface area contributed by atoms with Gasteiger partial charge in [0.2, 0.25) is 5.95 Å². The van der Waals surface area contributed by atoms with Crippen LogP contribution in [0.5, 0.6) is 0 Å². The first-order valence-electron chi connectivity index (χ1n) is 10.8. The molecule has 1 atom stereocenters. The van der Waals surface area contributed by atoms with Crippen LogP contribution >= 0.6 is 11.6 Å². The summed E-state index contributed by atoms with van der Waals surface area (Å²) in [6, 6.07) is 12.4. The monoisotopic (exact) mass is 458 g/mol. The average molecular weight is 459 g/mol. The van der Waals surface area contributed by atoms with Crippen molar-refractivity contribution in [3.05, 3.63) is 58.9 Å². The number of benzene rings is 2. The minimum atomic E-state index is -0.537. The molecule has 1 aliphatic rings. The maximum absolute atomic E-state index is 14.5. The van der Waals surface area contributed by atoms with Crippen LogP contribution in [0.15, 0.2) is 42.5 Å². The van der Waals surface area contributed by atoms with Gasteiger partial charge in [0.25, 0.3) is 0 Å². The number of amides is 1. The summed E-state index contributed by atoms with van der Waals surface area (Å²) in [5, 5.41) is 3.76. The summed E-state index contributed by atoms with van der Waals surface area (Å²) in [6.07, 6.45) is 1.51. The summed E-state index contributed by atoms with van der Waals surface area (Å²) in [5.41, 5.74) is 1.56. The predicted octanol–water partition coefficient (Wildman–Crippen LogP) is 5.69. The molecule has 2 aromatic carbocycles. The molecule has 6 nitrogen and oxygen atoms in total. The van der Waals surface area contributed by atoms with Crippen molar-refractivity contribution in [1.29, 1.82) is 0 Å². The Kier molecular flexibility index (Phi) is 6.29. The topological polar surface area (TPSA) is 59.4 Å². The number of rotatable bonds is 5. The summed E-state index contributed by atoms with van der Waals surface area (Å²) in [5.74, 6) is 0.259. The van der Waals surface area contributed by atoms with E-state index in [0.29, 0.717) is 29.6 Å². The van der Waals surface area contributed by atoms with Crippen molar-refractivity contribution in [1.82, 2.24) is 14.5 Å². The van der Waals surface area contributed by atoms with E-state index in [9.17, 15) is 9.18 Å². The Morgan fingerprint density at radius 1 is 1.25 bits per heavy atom. The van der Waals surface area contributed by atoms with Crippen molar-refractivity contribution in [2.75, 3.05) is 18.4 Å². The second-order valence-corrected chi connectivity index (χ2v) is 9.47. The van der Waals surface area contributed by atoms with Crippen LogP contribution in [0.4, 0.5) is 15.1 Å². The molecule has 1 aliphatic heterocycles. The zero-order valence-corrected chi connectivity index (χ0v) is 19.3. The van der Waals surface area contributed by atoms with Gasteiger partial charge in [-0.1, -0.05) is 29.8 Å².